The van der Waals surface area contributed by atoms with Gasteiger partial charge in [-0.3, -0.25) is 0 Å². The lowest BCUT2D eigenvalue weighted by molar-refractivity contribution is 0.284. The van der Waals surface area contributed by atoms with Gasteiger partial charge in [-0.05, 0) is 48.2 Å². The minimum atomic E-state index is 0.493. The number of nitrogens with one attached hydrogen (secondary N) is 1. The van der Waals surface area contributed by atoms with Crippen LogP contribution in [0.25, 0.3) is 0 Å². The quantitative estimate of drug-likeness (QED) is 0.722. The van der Waals surface area contributed by atoms with Gasteiger partial charge in [0.05, 0.1) is 7.11 Å². The molecule has 0 aromatic heterocycles. The first-order valence-electron chi connectivity index (χ1n) is 9.02. The van der Waals surface area contributed by atoms with Gasteiger partial charge in [-0.15, -0.1) is 0 Å². The van der Waals surface area contributed by atoms with Gasteiger partial charge in [0.1, 0.15) is 6.61 Å². The van der Waals surface area contributed by atoms with Gasteiger partial charge >= 0.3 is 0 Å². The fraction of sp³-hybridized carbons (Fsp3) is 0.429. The molecule has 0 amide bonds. The summed E-state index contributed by atoms with van der Waals surface area (Å²) in [5, 5.41) is 4.40. The molecular weight excluding hydrogens is 334 g/mol. The fourth-order valence-corrected chi connectivity index (χ4v) is 3.38. The van der Waals surface area contributed by atoms with Crippen LogP contribution in [0.5, 0.6) is 11.5 Å². The summed E-state index contributed by atoms with van der Waals surface area (Å²) in [6.07, 6.45) is 6.65. The maximum absolute atomic E-state index is 5.91. The first-order chi connectivity index (χ1) is 12.2. The summed E-state index contributed by atoms with van der Waals surface area (Å²) >= 11 is 5.91. The molecular formula is C21H26ClNO2. The van der Waals surface area contributed by atoms with Crippen LogP contribution in [0.3, 0.4) is 0 Å². The highest BCUT2D eigenvalue weighted by Crippen LogP contribution is 2.29. The van der Waals surface area contributed by atoms with Gasteiger partial charge in [0, 0.05) is 17.6 Å². The molecule has 0 atom stereocenters. The number of methoxy groups -OCH3 is 1. The van der Waals surface area contributed by atoms with Crippen molar-refractivity contribution in [1.29, 1.82) is 0 Å². The zero-order valence-electron chi connectivity index (χ0n) is 14.8. The van der Waals surface area contributed by atoms with Gasteiger partial charge < -0.3 is 14.8 Å². The second-order valence-electron chi connectivity index (χ2n) is 6.62. The minimum absolute atomic E-state index is 0.493. The second kappa shape index (κ2) is 9.12. The molecule has 2 aromatic carbocycles. The Morgan fingerprint density at radius 1 is 0.960 bits per heavy atom. The minimum Gasteiger partial charge on any atom is -0.493 e. The first-order valence-corrected chi connectivity index (χ1v) is 9.40. The molecule has 25 heavy (non-hydrogen) atoms. The third kappa shape index (κ3) is 5.38. The smallest absolute Gasteiger partial charge is 0.161 e. The second-order valence-corrected chi connectivity index (χ2v) is 7.05. The van der Waals surface area contributed by atoms with E-state index in [1.165, 1.54) is 37.7 Å². The molecule has 1 N–H and O–H groups in total. The maximum atomic E-state index is 5.91. The largest absolute Gasteiger partial charge is 0.493 e. The summed E-state index contributed by atoms with van der Waals surface area (Å²) in [5.41, 5.74) is 2.30. The van der Waals surface area contributed by atoms with Crippen LogP contribution < -0.4 is 14.8 Å². The molecule has 0 saturated heterocycles. The summed E-state index contributed by atoms with van der Waals surface area (Å²) in [7, 11) is 1.68. The zero-order valence-corrected chi connectivity index (χ0v) is 15.5. The third-order valence-electron chi connectivity index (χ3n) is 4.74. The molecule has 4 heteroatoms. The van der Waals surface area contributed by atoms with E-state index in [4.69, 9.17) is 21.1 Å². The summed E-state index contributed by atoms with van der Waals surface area (Å²) in [4.78, 5) is 0. The van der Waals surface area contributed by atoms with E-state index in [0.29, 0.717) is 12.6 Å². The van der Waals surface area contributed by atoms with Crippen molar-refractivity contribution in [3.05, 3.63) is 58.6 Å². The van der Waals surface area contributed by atoms with Crippen molar-refractivity contribution in [3.63, 3.8) is 0 Å². The Kier molecular flexibility index (Phi) is 6.60. The molecule has 134 valence electrons. The lowest BCUT2D eigenvalue weighted by Gasteiger charge is -2.23. The number of hydrogen-bond acceptors (Lipinski definition) is 3. The first kappa shape index (κ1) is 18.1. The van der Waals surface area contributed by atoms with Gasteiger partial charge in [-0.1, -0.05) is 49.1 Å². The van der Waals surface area contributed by atoms with Gasteiger partial charge in [0.15, 0.2) is 11.5 Å². The third-order valence-corrected chi connectivity index (χ3v) is 4.99. The van der Waals surface area contributed by atoms with Gasteiger partial charge in [0.2, 0.25) is 0 Å². The molecule has 1 fully saturated rings. The number of ether oxygens (including phenoxy) is 2. The SMILES string of the molecule is COc1cc(CNC2CCCCC2)ccc1OCc1ccc(Cl)cc1. The molecule has 0 radical (unpaired) electrons. The normalized spacial score (nSPS) is 15.1. The number of halogens is 1. The monoisotopic (exact) mass is 359 g/mol. The standard InChI is InChI=1S/C21H26ClNO2/c1-24-21-13-17(14-23-19-5-3-2-4-6-19)9-12-20(21)25-15-16-7-10-18(22)11-8-16/h7-13,19,23H,2-6,14-15H2,1H3. The summed E-state index contributed by atoms with van der Waals surface area (Å²) in [6.45, 7) is 1.37. The highest BCUT2D eigenvalue weighted by molar-refractivity contribution is 6.30. The molecule has 0 aliphatic heterocycles. The van der Waals surface area contributed by atoms with Crippen LogP contribution in [0.15, 0.2) is 42.5 Å². The van der Waals surface area contributed by atoms with E-state index in [2.05, 4.69) is 17.4 Å². The number of hydrogen-bond donors (Lipinski definition) is 1. The highest BCUT2D eigenvalue weighted by atomic mass is 35.5. The summed E-state index contributed by atoms with van der Waals surface area (Å²) < 4.78 is 11.4. The van der Waals surface area contributed by atoms with Crippen molar-refractivity contribution in [3.8, 4) is 11.5 Å². The Balaban J connectivity index is 1.57. The van der Waals surface area contributed by atoms with Crippen molar-refractivity contribution in [2.45, 2.75) is 51.3 Å². The highest BCUT2D eigenvalue weighted by Gasteiger charge is 2.13. The van der Waals surface area contributed by atoms with E-state index in [-0.39, 0.29) is 0 Å². The Morgan fingerprint density at radius 3 is 2.40 bits per heavy atom. The predicted molar refractivity (Wildman–Crippen MR) is 102 cm³/mol. The molecule has 1 aliphatic carbocycles. The van der Waals surface area contributed by atoms with Crippen molar-refractivity contribution < 1.29 is 9.47 Å². The number of rotatable bonds is 7. The van der Waals surface area contributed by atoms with Crippen molar-refractivity contribution >= 4 is 11.6 Å². The van der Waals surface area contributed by atoms with Gasteiger partial charge in [-0.2, -0.15) is 0 Å². The van der Waals surface area contributed by atoms with Gasteiger partial charge in [-0.25, -0.2) is 0 Å². The van der Waals surface area contributed by atoms with E-state index >= 15 is 0 Å². The molecule has 0 unspecified atom stereocenters. The van der Waals surface area contributed by atoms with Crippen LogP contribution in [0.4, 0.5) is 0 Å². The van der Waals surface area contributed by atoms with E-state index in [0.717, 1.165) is 28.6 Å². The summed E-state index contributed by atoms with van der Waals surface area (Å²) in [5.74, 6) is 1.54. The predicted octanol–water partition coefficient (Wildman–Crippen LogP) is 5.35. The molecule has 1 aliphatic rings. The fourth-order valence-electron chi connectivity index (χ4n) is 3.25. The molecule has 0 bridgehead atoms. The molecule has 0 heterocycles. The molecule has 2 aromatic rings. The van der Waals surface area contributed by atoms with Crippen LogP contribution >= 0.6 is 11.6 Å². The number of benzene rings is 2. The zero-order chi connectivity index (χ0) is 17.5. The van der Waals surface area contributed by atoms with E-state index in [1.54, 1.807) is 7.11 Å². The molecule has 0 spiro atoms. The molecule has 1 saturated carbocycles. The Morgan fingerprint density at radius 2 is 1.68 bits per heavy atom. The average Bonchev–Trinajstić information content (AvgIpc) is 2.67. The van der Waals surface area contributed by atoms with Crippen LogP contribution in [0.1, 0.15) is 43.2 Å². The van der Waals surface area contributed by atoms with E-state index in [1.807, 2.05) is 30.3 Å². The lowest BCUT2D eigenvalue weighted by atomic mass is 9.95. The topological polar surface area (TPSA) is 30.5 Å². The average molecular weight is 360 g/mol. The maximum Gasteiger partial charge on any atom is 0.161 e. The summed E-state index contributed by atoms with van der Waals surface area (Å²) in [6, 6.07) is 14.5. The molecule has 3 nitrogen and oxygen atoms in total. The Labute approximate surface area is 155 Å². The Hall–Kier alpha value is -1.71. The Bertz CT molecular complexity index is 666. The van der Waals surface area contributed by atoms with Crippen molar-refractivity contribution in [2.24, 2.45) is 0 Å². The van der Waals surface area contributed by atoms with Crippen LogP contribution in [-0.4, -0.2) is 13.2 Å². The molecule has 3 rings (SSSR count). The van der Waals surface area contributed by atoms with Crippen molar-refractivity contribution in [2.75, 3.05) is 7.11 Å². The van der Waals surface area contributed by atoms with E-state index < -0.39 is 0 Å². The van der Waals surface area contributed by atoms with Crippen LogP contribution in [-0.2, 0) is 13.2 Å². The van der Waals surface area contributed by atoms with Crippen molar-refractivity contribution in [1.82, 2.24) is 5.32 Å². The van der Waals surface area contributed by atoms with Crippen LogP contribution in [0, 0.1) is 0 Å². The van der Waals surface area contributed by atoms with E-state index in [9.17, 15) is 0 Å². The van der Waals surface area contributed by atoms with Crippen LogP contribution in [0.2, 0.25) is 5.02 Å². The van der Waals surface area contributed by atoms with Gasteiger partial charge in [0.25, 0.3) is 0 Å². The lowest BCUT2D eigenvalue weighted by Crippen LogP contribution is -2.30.